The molecule has 0 saturated carbocycles. The maximum absolute atomic E-state index is 12.0. The van der Waals surface area contributed by atoms with Crippen LogP contribution < -0.4 is 5.32 Å². The Morgan fingerprint density at radius 2 is 2.32 bits per heavy atom. The third kappa shape index (κ3) is 2.52. The van der Waals surface area contributed by atoms with Crippen LogP contribution in [0.1, 0.15) is 21.1 Å². The van der Waals surface area contributed by atoms with E-state index in [0.29, 0.717) is 10.8 Å². The second-order valence-corrected chi connectivity index (χ2v) is 5.79. The van der Waals surface area contributed by atoms with Crippen molar-refractivity contribution in [1.29, 1.82) is 0 Å². The molecule has 3 rings (SSSR count). The van der Waals surface area contributed by atoms with Gasteiger partial charge in [-0.3, -0.25) is 14.8 Å². The maximum Gasteiger partial charge on any atom is 0.277 e. The number of carbonyl (C=O) groups is 1. The van der Waals surface area contributed by atoms with Crippen molar-refractivity contribution in [1.82, 2.24) is 19.7 Å². The second kappa shape index (κ2) is 4.75. The zero-order chi connectivity index (χ0) is 13.4. The first-order valence-electron chi connectivity index (χ1n) is 6.10. The number of anilines is 1. The predicted octanol–water partition coefficient (Wildman–Crippen LogP) is 1.12. The number of hydrogen-bond acceptors (Lipinski definition) is 5. The topological polar surface area (TPSA) is 63.1 Å². The molecule has 1 aliphatic rings. The molecule has 1 N–H and O–H groups in total. The zero-order valence-corrected chi connectivity index (χ0v) is 11.7. The van der Waals surface area contributed by atoms with E-state index in [1.54, 1.807) is 35.3 Å². The van der Waals surface area contributed by atoms with Crippen LogP contribution in [0, 0.1) is 0 Å². The van der Waals surface area contributed by atoms with Gasteiger partial charge in [0.15, 0.2) is 10.8 Å². The maximum atomic E-state index is 12.0. The van der Waals surface area contributed by atoms with E-state index in [0.717, 1.165) is 25.2 Å². The van der Waals surface area contributed by atoms with Gasteiger partial charge in [-0.1, -0.05) is 0 Å². The fraction of sp³-hybridized carbons (Fsp3) is 0.417. The van der Waals surface area contributed by atoms with Crippen LogP contribution in [0.2, 0.25) is 0 Å². The van der Waals surface area contributed by atoms with Crippen LogP contribution in [0.5, 0.6) is 0 Å². The van der Waals surface area contributed by atoms with Gasteiger partial charge in [0.2, 0.25) is 0 Å². The van der Waals surface area contributed by atoms with Crippen molar-refractivity contribution in [2.24, 2.45) is 7.05 Å². The molecule has 0 bridgehead atoms. The first-order chi connectivity index (χ1) is 9.11. The summed E-state index contributed by atoms with van der Waals surface area (Å²) in [5.74, 6) is -0.208. The smallest absolute Gasteiger partial charge is 0.277 e. The molecule has 0 spiro atoms. The highest BCUT2D eigenvalue weighted by Crippen LogP contribution is 2.27. The molecular weight excluding hydrogens is 262 g/mol. The number of fused-ring (bicyclic) bond motifs is 1. The third-order valence-corrected chi connectivity index (χ3v) is 4.09. The molecule has 0 aromatic carbocycles. The van der Waals surface area contributed by atoms with Gasteiger partial charge < -0.3 is 4.90 Å². The van der Waals surface area contributed by atoms with Gasteiger partial charge >= 0.3 is 0 Å². The molecule has 0 radical (unpaired) electrons. The predicted molar refractivity (Wildman–Crippen MR) is 73.3 cm³/mol. The molecular formula is C12H15N5OS. The minimum Gasteiger partial charge on any atom is -0.301 e. The number of carbonyl (C=O) groups excluding carboxylic acids is 1. The van der Waals surface area contributed by atoms with Gasteiger partial charge in [-0.2, -0.15) is 5.10 Å². The summed E-state index contributed by atoms with van der Waals surface area (Å²) in [6.07, 6.45) is 2.69. The van der Waals surface area contributed by atoms with Crippen molar-refractivity contribution in [3.8, 4) is 0 Å². The minimum absolute atomic E-state index is 0.208. The molecule has 7 heteroatoms. The summed E-state index contributed by atoms with van der Waals surface area (Å²) in [5, 5.41) is 7.55. The van der Waals surface area contributed by atoms with Crippen LogP contribution in [0.15, 0.2) is 12.3 Å². The fourth-order valence-corrected chi connectivity index (χ4v) is 3.16. The van der Waals surface area contributed by atoms with Gasteiger partial charge in [0.05, 0.1) is 5.69 Å². The highest BCUT2D eigenvalue weighted by Gasteiger charge is 2.19. The lowest BCUT2D eigenvalue weighted by Crippen LogP contribution is -2.25. The Balaban J connectivity index is 1.75. The molecule has 1 aliphatic heterocycles. The van der Waals surface area contributed by atoms with Crippen molar-refractivity contribution in [2.75, 3.05) is 18.9 Å². The molecule has 19 heavy (non-hydrogen) atoms. The largest absolute Gasteiger partial charge is 0.301 e. The second-order valence-electron chi connectivity index (χ2n) is 4.71. The normalized spacial score (nSPS) is 15.3. The molecule has 1 amide bonds. The first kappa shape index (κ1) is 12.3. The van der Waals surface area contributed by atoms with Crippen LogP contribution in [-0.4, -0.2) is 39.2 Å². The number of aryl methyl sites for hydroxylation is 1. The Labute approximate surface area is 115 Å². The van der Waals surface area contributed by atoms with Gasteiger partial charge in [0.1, 0.15) is 0 Å². The number of nitrogens with one attached hydrogen (secondary N) is 1. The summed E-state index contributed by atoms with van der Waals surface area (Å²) in [6, 6.07) is 1.69. The quantitative estimate of drug-likeness (QED) is 0.893. The summed E-state index contributed by atoms with van der Waals surface area (Å²) in [7, 11) is 3.88. The zero-order valence-electron chi connectivity index (χ0n) is 10.9. The number of aromatic nitrogens is 3. The number of hydrogen-bond donors (Lipinski definition) is 1. The highest BCUT2D eigenvalue weighted by molar-refractivity contribution is 7.15. The molecule has 0 unspecified atom stereocenters. The van der Waals surface area contributed by atoms with Crippen molar-refractivity contribution in [3.05, 3.63) is 28.5 Å². The molecule has 2 aromatic heterocycles. The molecule has 100 valence electrons. The Kier molecular flexibility index (Phi) is 3.08. The Morgan fingerprint density at radius 1 is 1.47 bits per heavy atom. The summed E-state index contributed by atoms with van der Waals surface area (Å²) in [4.78, 5) is 20.0. The SMILES string of the molecule is CN1CCc2nc(NC(=O)c3ccn(C)n3)sc2C1. The summed E-state index contributed by atoms with van der Waals surface area (Å²) < 4.78 is 1.61. The number of thiazole rings is 1. The van der Waals surface area contributed by atoms with Crippen molar-refractivity contribution < 1.29 is 4.79 Å². The van der Waals surface area contributed by atoms with Gasteiger partial charge in [-0.05, 0) is 13.1 Å². The van der Waals surface area contributed by atoms with Gasteiger partial charge in [-0.15, -0.1) is 11.3 Å². The van der Waals surface area contributed by atoms with Crippen LogP contribution in [-0.2, 0) is 20.0 Å². The summed E-state index contributed by atoms with van der Waals surface area (Å²) in [5.41, 5.74) is 1.52. The minimum atomic E-state index is -0.208. The van der Waals surface area contributed by atoms with Crippen LogP contribution in [0.4, 0.5) is 5.13 Å². The average Bonchev–Trinajstić information content (AvgIpc) is 2.94. The Hall–Kier alpha value is -1.73. The number of likely N-dealkylation sites (N-methyl/N-ethyl adjacent to an activating group) is 1. The molecule has 6 nitrogen and oxygen atoms in total. The molecule has 0 atom stereocenters. The summed E-state index contributed by atoms with van der Waals surface area (Å²) >= 11 is 1.55. The first-order valence-corrected chi connectivity index (χ1v) is 6.91. The number of nitrogens with zero attached hydrogens (tertiary/aromatic N) is 4. The Morgan fingerprint density at radius 3 is 3.05 bits per heavy atom. The van der Waals surface area contributed by atoms with E-state index in [4.69, 9.17) is 0 Å². The van der Waals surface area contributed by atoms with Crippen LogP contribution >= 0.6 is 11.3 Å². The molecule has 0 fully saturated rings. The van der Waals surface area contributed by atoms with Crippen molar-refractivity contribution >= 4 is 22.4 Å². The van der Waals surface area contributed by atoms with Gasteiger partial charge in [-0.25, -0.2) is 4.98 Å². The standard InChI is InChI=1S/C12H15N5OS/c1-16-5-3-8-10(7-16)19-12(13-8)14-11(18)9-4-6-17(2)15-9/h4,6H,3,5,7H2,1-2H3,(H,13,14,18). The van der Waals surface area contributed by atoms with E-state index >= 15 is 0 Å². The summed E-state index contributed by atoms with van der Waals surface area (Å²) in [6.45, 7) is 1.93. The lowest BCUT2D eigenvalue weighted by atomic mass is 10.2. The lowest BCUT2D eigenvalue weighted by molar-refractivity contribution is 0.102. The lowest BCUT2D eigenvalue weighted by Gasteiger charge is -2.20. The highest BCUT2D eigenvalue weighted by atomic mass is 32.1. The van der Waals surface area contributed by atoms with Crippen molar-refractivity contribution in [3.63, 3.8) is 0 Å². The van der Waals surface area contributed by atoms with E-state index in [1.807, 2.05) is 0 Å². The number of rotatable bonds is 2. The Bertz CT molecular complexity index is 617. The molecule has 0 aliphatic carbocycles. The molecule has 2 aromatic rings. The van der Waals surface area contributed by atoms with E-state index < -0.39 is 0 Å². The average molecular weight is 277 g/mol. The van der Waals surface area contributed by atoms with Crippen LogP contribution in [0.3, 0.4) is 0 Å². The monoisotopic (exact) mass is 277 g/mol. The van der Waals surface area contributed by atoms with E-state index in [1.165, 1.54) is 4.88 Å². The molecule has 0 saturated heterocycles. The number of amides is 1. The molecule has 3 heterocycles. The van der Waals surface area contributed by atoms with E-state index in [9.17, 15) is 4.79 Å². The van der Waals surface area contributed by atoms with E-state index in [2.05, 4.69) is 27.3 Å². The van der Waals surface area contributed by atoms with Gasteiger partial charge in [0, 0.05) is 37.6 Å². The van der Waals surface area contributed by atoms with Crippen LogP contribution in [0.25, 0.3) is 0 Å². The van der Waals surface area contributed by atoms with Gasteiger partial charge in [0.25, 0.3) is 5.91 Å². The van der Waals surface area contributed by atoms with Crippen molar-refractivity contribution in [2.45, 2.75) is 13.0 Å². The fourth-order valence-electron chi connectivity index (χ4n) is 2.07. The van der Waals surface area contributed by atoms with E-state index in [-0.39, 0.29) is 5.91 Å². The third-order valence-electron chi connectivity index (χ3n) is 3.09.